The number of rotatable bonds is 3. The summed E-state index contributed by atoms with van der Waals surface area (Å²) in [6.07, 6.45) is 7.24. The average molecular weight is 208 g/mol. The van der Waals surface area contributed by atoms with Crippen LogP contribution in [0.2, 0.25) is 0 Å². The smallest absolute Gasteiger partial charge is 0.0964 e. The second-order valence-electron chi connectivity index (χ2n) is 4.63. The van der Waals surface area contributed by atoms with Gasteiger partial charge in [0.2, 0.25) is 0 Å². The van der Waals surface area contributed by atoms with Gasteiger partial charge in [-0.25, -0.2) is 4.68 Å². The summed E-state index contributed by atoms with van der Waals surface area (Å²) in [6.45, 7) is 3.15. The fraction of sp³-hybridized carbons (Fsp3) is 0.818. The van der Waals surface area contributed by atoms with Crippen molar-refractivity contribution in [2.75, 3.05) is 7.05 Å². The van der Waals surface area contributed by atoms with Crippen LogP contribution in [0, 0.1) is 5.92 Å². The van der Waals surface area contributed by atoms with Gasteiger partial charge in [-0.1, -0.05) is 12.1 Å². The molecule has 1 aromatic rings. The van der Waals surface area contributed by atoms with Crippen molar-refractivity contribution in [1.82, 2.24) is 20.3 Å². The van der Waals surface area contributed by atoms with Gasteiger partial charge in [0.05, 0.1) is 17.9 Å². The molecular weight excluding hydrogens is 188 g/mol. The van der Waals surface area contributed by atoms with Crippen molar-refractivity contribution in [1.29, 1.82) is 0 Å². The van der Waals surface area contributed by atoms with Crippen molar-refractivity contribution < 1.29 is 0 Å². The van der Waals surface area contributed by atoms with E-state index in [1.807, 2.05) is 7.05 Å². The SMILES string of the molecule is CNCc1cn(C2CCC(C)CC2)nn1. The molecule has 84 valence electrons. The number of hydrogen-bond acceptors (Lipinski definition) is 3. The summed E-state index contributed by atoms with van der Waals surface area (Å²) in [5, 5.41) is 11.5. The quantitative estimate of drug-likeness (QED) is 0.823. The Morgan fingerprint density at radius 3 is 2.80 bits per heavy atom. The van der Waals surface area contributed by atoms with Crippen molar-refractivity contribution in [2.45, 2.75) is 45.2 Å². The van der Waals surface area contributed by atoms with Gasteiger partial charge < -0.3 is 5.32 Å². The monoisotopic (exact) mass is 208 g/mol. The maximum atomic E-state index is 4.21. The first kappa shape index (κ1) is 10.6. The zero-order valence-electron chi connectivity index (χ0n) is 9.61. The largest absolute Gasteiger partial charge is 0.314 e. The third-order valence-corrected chi connectivity index (χ3v) is 3.28. The van der Waals surface area contributed by atoms with Gasteiger partial charge in [0.15, 0.2) is 0 Å². The predicted octanol–water partition coefficient (Wildman–Crippen LogP) is 1.75. The highest BCUT2D eigenvalue weighted by atomic mass is 15.4. The van der Waals surface area contributed by atoms with Crippen LogP contribution < -0.4 is 5.32 Å². The van der Waals surface area contributed by atoms with Gasteiger partial charge in [0.25, 0.3) is 0 Å². The molecule has 1 saturated carbocycles. The van der Waals surface area contributed by atoms with Gasteiger partial charge in [-0.05, 0) is 38.6 Å². The number of nitrogens with one attached hydrogen (secondary N) is 1. The predicted molar refractivity (Wildman–Crippen MR) is 59.5 cm³/mol. The Morgan fingerprint density at radius 2 is 2.13 bits per heavy atom. The summed E-state index contributed by atoms with van der Waals surface area (Å²) in [6, 6.07) is 0.583. The van der Waals surface area contributed by atoms with Gasteiger partial charge in [-0.3, -0.25) is 0 Å². The van der Waals surface area contributed by atoms with Gasteiger partial charge in [0, 0.05) is 6.54 Å². The lowest BCUT2D eigenvalue weighted by Gasteiger charge is -2.25. The molecule has 0 bridgehead atoms. The first-order valence-corrected chi connectivity index (χ1v) is 5.85. The van der Waals surface area contributed by atoms with E-state index in [0.29, 0.717) is 6.04 Å². The molecule has 0 aromatic carbocycles. The van der Waals surface area contributed by atoms with Crippen LogP contribution in [-0.2, 0) is 6.54 Å². The standard InChI is InChI=1S/C11H20N4/c1-9-3-5-11(6-4-9)15-8-10(7-12-2)13-14-15/h8-9,11-12H,3-7H2,1-2H3. The van der Waals surface area contributed by atoms with Gasteiger partial charge in [0.1, 0.15) is 0 Å². The molecule has 0 saturated heterocycles. The molecule has 0 amide bonds. The summed E-state index contributed by atoms with van der Waals surface area (Å²) in [5.74, 6) is 0.890. The molecule has 0 spiro atoms. The minimum atomic E-state index is 0.583. The third-order valence-electron chi connectivity index (χ3n) is 3.28. The molecule has 15 heavy (non-hydrogen) atoms. The lowest BCUT2D eigenvalue weighted by atomic mass is 9.87. The first-order valence-electron chi connectivity index (χ1n) is 5.85. The van der Waals surface area contributed by atoms with E-state index in [-0.39, 0.29) is 0 Å². The van der Waals surface area contributed by atoms with Crippen LogP contribution in [0.3, 0.4) is 0 Å². The Morgan fingerprint density at radius 1 is 1.40 bits per heavy atom. The van der Waals surface area contributed by atoms with Crippen LogP contribution in [0.15, 0.2) is 6.20 Å². The first-order chi connectivity index (χ1) is 7.29. The maximum Gasteiger partial charge on any atom is 0.0964 e. The zero-order chi connectivity index (χ0) is 10.7. The molecule has 1 fully saturated rings. The third kappa shape index (κ3) is 2.56. The number of hydrogen-bond donors (Lipinski definition) is 1. The van der Waals surface area contributed by atoms with Crippen LogP contribution in [0.5, 0.6) is 0 Å². The number of aromatic nitrogens is 3. The van der Waals surface area contributed by atoms with E-state index >= 15 is 0 Å². The van der Waals surface area contributed by atoms with E-state index in [2.05, 4.69) is 33.4 Å². The van der Waals surface area contributed by atoms with E-state index < -0.39 is 0 Å². The Balaban J connectivity index is 1.96. The Hall–Kier alpha value is -0.900. The molecule has 2 rings (SSSR count). The van der Waals surface area contributed by atoms with E-state index in [0.717, 1.165) is 18.2 Å². The van der Waals surface area contributed by atoms with Gasteiger partial charge in [-0.2, -0.15) is 0 Å². The van der Waals surface area contributed by atoms with E-state index in [9.17, 15) is 0 Å². The molecule has 1 N–H and O–H groups in total. The van der Waals surface area contributed by atoms with Crippen LogP contribution >= 0.6 is 0 Å². The average Bonchev–Trinajstić information content (AvgIpc) is 2.68. The summed E-state index contributed by atoms with van der Waals surface area (Å²) in [4.78, 5) is 0. The minimum absolute atomic E-state index is 0.583. The van der Waals surface area contributed by atoms with E-state index in [1.54, 1.807) is 0 Å². The van der Waals surface area contributed by atoms with Gasteiger partial charge >= 0.3 is 0 Å². The summed E-state index contributed by atoms with van der Waals surface area (Å²) in [5.41, 5.74) is 1.04. The molecular formula is C11H20N4. The normalized spacial score (nSPS) is 26.8. The lowest BCUT2D eigenvalue weighted by molar-refractivity contribution is 0.270. The molecule has 1 aliphatic rings. The van der Waals surface area contributed by atoms with Crippen LogP contribution in [0.4, 0.5) is 0 Å². The van der Waals surface area contributed by atoms with Crippen LogP contribution in [0.25, 0.3) is 0 Å². The molecule has 4 nitrogen and oxygen atoms in total. The number of nitrogens with zero attached hydrogens (tertiary/aromatic N) is 3. The Bertz CT molecular complexity index is 299. The highest BCUT2D eigenvalue weighted by Gasteiger charge is 2.20. The minimum Gasteiger partial charge on any atom is -0.314 e. The van der Waals surface area contributed by atoms with Crippen molar-refractivity contribution >= 4 is 0 Å². The highest BCUT2D eigenvalue weighted by Crippen LogP contribution is 2.31. The lowest BCUT2D eigenvalue weighted by Crippen LogP contribution is -2.17. The van der Waals surface area contributed by atoms with Crippen LogP contribution in [-0.4, -0.2) is 22.0 Å². The highest BCUT2D eigenvalue weighted by molar-refractivity contribution is 4.93. The second-order valence-corrected chi connectivity index (χ2v) is 4.63. The van der Waals surface area contributed by atoms with E-state index in [1.165, 1.54) is 25.7 Å². The summed E-state index contributed by atoms with van der Waals surface area (Å²) in [7, 11) is 1.93. The summed E-state index contributed by atoms with van der Waals surface area (Å²) < 4.78 is 2.05. The maximum absolute atomic E-state index is 4.21. The second kappa shape index (κ2) is 4.75. The molecule has 0 radical (unpaired) electrons. The van der Waals surface area contributed by atoms with E-state index in [4.69, 9.17) is 0 Å². The molecule has 0 unspecified atom stereocenters. The molecule has 4 heteroatoms. The Labute approximate surface area is 91.1 Å². The molecule has 1 aromatic heterocycles. The fourth-order valence-electron chi connectivity index (χ4n) is 2.26. The van der Waals surface area contributed by atoms with Crippen molar-refractivity contribution in [3.05, 3.63) is 11.9 Å². The topological polar surface area (TPSA) is 42.7 Å². The van der Waals surface area contributed by atoms with Gasteiger partial charge in [-0.15, -0.1) is 5.10 Å². The molecule has 1 aliphatic carbocycles. The molecule has 0 atom stereocenters. The zero-order valence-corrected chi connectivity index (χ0v) is 9.61. The van der Waals surface area contributed by atoms with Crippen molar-refractivity contribution in [3.8, 4) is 0 Å². The Kier molecular flexibility index (Phi) is 3.36. The fourth-order valence-corrected chi connectivity index (χ4v) is 2.26. The van der Waals surface area contributed by atoms with Crippen molar-refractivity contribution in [2.24, 2.45) is 5.92 Å². The molecule has 0 aliphatic heterocycles. The summed E-state index contributed by atoms with van der Waals surface area (Å²) >= 11 is 0. The van der Waals surface area contributed by atoms with Crippen LogP contribution in [0.1, 0.15) is 44.3 Å². The molecule has 1 heterocycles. The van der Waals surface area contributed by atoms with Crippen molar-refractivity contribution in [3.63, 3.8) is 0 Å².